The molecule has 3 aromatic rings. The van der Waals surface area contributed by atoms with Gasteiger partial charge in [0.25, 0.3) is 11.7 Å². The number of aromatic nitrogens is 1. The van der Waals surface area contributed by atoms with Gasteiger partial charge in [0.05, 0.1) is 5.56 Å². The number of fused-ring (bicyclic) bond motifs is 1. The quantitative estimate of drug-likeness (QED) is 0.497. The molecular formula is C20H19N3O3. The number of hydrogen-bond donors (Lipinski definition) is 3. The van der Waals surface area contributed by atoms with Crippen LogP contribution >= 0.6 is 0 Å². The summed E-state index contributed by atoms with van der Waals surface area (Å²) in [5.41, 5.74) is 3.79. The first-order valence-corrected chi connectivity index (χ1v) is 8.18. The van der Waals surface area contributed by atoms with Gasteiger partial charge in [0.15, 0.2) is 0 Å². The second-order valence-corrected chi connectivity index (χ2v) is 6.16. The molecule has 0 spiro atoms. The number of H-pyrrole nitrogens is 1. The van der Waals surface area contributed by atoms with E-state index < -0.39 is 11.7 Å². The Kier molecular flexibility index (Phi) is 4.58. The zero-order valence-corrected chi connectivity index (χ0v) is 14.8. The van der Waals surface area contributed by atoms with Crippen molar-refractivity contribution in [2.45, 2.75) is 20.8 Å². The topological polar surface area (TPSA) is 91.1 Å². The number of aromatic amines is 1. The minimum atomic E-state index is -0.704. The van der Waals surface area contributed by atoms with E-state index in [0.717, 1.165) is 16.5 Å². The van der Waals surface area contributed by atoms with E-state index in [0.29, 0.717) is 22.6 Å². The summed E-state index contributed by atoms with van der Waals surface area (Å²) in [5, 5.41) is 6.06. The highest BCUT2D eigenvalue weighted by Crippen LogP contribution is 2.24. The molecule has 0 unspecified atom stereocenters. The maximum absolute atomic E-state index is 12.7. The van der Waals surface area contributed by atoms with Gasteiger partial charge in [-0.2, -0.15) is 0 Å². The van der Waals surface area contributed by atoms with Crippen LogP contribution in [0, 0.1) is 13.8 Å². The van der Waals surface area contributed by atoms with Crippen molar-refractivity contribution < 1.29 is 14.4 Å². The number of nitrogens with one attached hydrogen (secondary N) is 3. The van der Waals surface area contributed by atoms with Crippen LogP contribution in [-0.2, 0) is 9.59 Å². The van der Waals surface area contributed by atoms with Gasteiger partial charge in [-0.1, -0.05) is 18.2 Å². The summed E-state index contributed by atoms with van der Waals surface area (Å²) >= 11 is 0. The normalized spacial score (nSPS) is 10.6. The minimum absolute atomic E-state index is 0.171. The molecule has 132 valence electrons. The fraction of sp³-hybridized carbons (Fsp3) is 0.150. The van der Waals surface area contributed by atoms with Gasteiger partial charge in [0, 0.05) is 34.9 Å². The lowest BCUT2D eigenvalue weighted by molar-refractivity contribution is -0.114. The first-order chi connectivity index (χ1) is 12.4. The van der Waals surface area contributed by atoms with E-state index in [1.54, 1.807) is 25.1 Å². The summed E-state index contributed by atoms with van der Waals surface area (Å²) in [5.74, 6) is -1.47. The van der Waals surface area contributed by atoms with Crippen LogP contribution in [0.5, 0.6) is 0 Å². The Bertz CT molecular complexity index is 1030. The lowest BCUT2D eigenvalue weighted by atomic mass is 10.1. The maximum Gasteiger partial charge on any atom is 0.296 e. The van der Waals surface area contributed by atoms with E-state index in [-0.39, 0.29) is 5.91 Å². The van der Waals surface area contributed by atoms with Gasteiger partial charge < -0.3 is 15.6 Å². The summed E-state index contributed by atoms with van der Waals surface area (Å²) in [6.45, 7) is 5.01. The molecule has 2 amide bonds. The molecule has 3 rings (SSSR count). The fourth-order valence-electron chi connectivity index (χ4n) is 2.94. The second-order valence-electron chi connectivity index (χ2n) is 6.16. The molecule has 0 saturated heterocycles. The standard InChI is InChI=1S/C20H19N3O3/c1-11-10-14(8-9-16(11)22-13(3)24)23-20(26)19(25)18-12(2)21-17-7-5-4-6-15(17)18/h4-10,21H,1-3H3,(H,22,24)(H,23,26). The molecule has 3 N–H and O–H groups in total. The van der Waals surface area contributed by atoms with Crippen molar-refractivity contribution in [3.63, 3.8) is 0 Å². The first kappa shape index (κ1) is 17.4. The van der Waals surface area contributed by atoms with Crippen LogP contribution in [-0.4, -0.2) is 22.6 Å². The lowest BCUT2D eigenvalue weighted by Crippen LogP contribution is -2.23. The zero-order chi connectivity index (χ0) is 18.8. The number of amides is 2. The molecule has 0 atom stereocenters. The van der Waals surface area contributed by atoms with Crippen LogP contribution in [0.3, 0.4) is 0 Å². The molecule has 1 aromatic heterocycles. The molecule has 0 bridgehead atoms. The third-order valence-electron chi connectivity index (χ3n) is 4.12. The monoisotopic (exact) mass is 349 g/mol. The van der Waals surface area contributed by atoms with E-state index >= 15 is 0 Å². The molecule has 0 aliphatic rings. The molecular weight excluding hydrogens is 330 g/mol. The van der Waals surface area contributed by atoms with Gasteiger partial charge in [-0.05, 0) is 43.7 Å². The van der Waals surface area contributed by atoms with E-state index in [2.05, 4.69) is 15.6 Å². The number of aryl methyl sites for hydroxylation is 2. The van der Waals surface area contributed by atoms with Gasteiger partial charge >= 0.3 is 0 Å². The number of Topliss-reactive ketones (excluding diaryl/α,β-unsaturated/α-hetero) is 1. The smallest absolute Gasteiger partial charge is 0.296 e. The Balaban J connectivity index is 1.83. The molecule has 6 heteroatoms. The van der Waals surface area contributed by atoms with E-state index in [9.17, 15) is 14.4 Å². The predicted octanol–water partition coefficient (Wildman–Crippen LogP) is 3.56. The Hall–Kier alpha value is -3.41. The van der Waals surface area contributed by atoms with Gasteiger partial charge in [-0.15, -0.1) is 0 Å². The molecule has 0 radical (unpaired) electrons. The molecule has 0 aliphatic carbocycles. The highest BCUT2D eigenvalue weighted by Gasteiger charge is 2.22. The number of hydrogen-bond acceptors (Lipinski definition) is 3. The minimum Gasteiger partial charge on any atom is -0.358 e. The van der Waals surface area contributed by atoms with Gasteiger partial charge in [-0.3, -0.25) is 14.4 Å². The molecule has 0 fully saturated rings. The van der Waals surface area contributed by atoms with Crippen molar-refractivity contribution in [1.29, 1.82) is 0 Å². The SMILES string of the molecule is CC(=O)Nc1ccc(NC(=O)C(=O)c2c(C)[nH]c3ccccc23)cc1C. The number of para-hydroxylation sites is 1. The molecule has 0 saturated carbocycles. The summed E-state index contributed by atoms with van der Waals surface area (Å²) < 4.78 is 0. The largest absolute Gasteiger partial charge is 0.358 e. The number of rotatable bonds is 4. The Labute approximate surface area is 150 Å². The molecule has 1 heterocycles. The summed E-state index contributed by atoms with van der Waals surface area (Å²) in [6, 6.07) is 12.4. The van der Waals surface area contributed by atoms with Crippen molar-refractivity contribution in [1.82, 2.24) is 4.98 Å². The third-order valence-corrected chi connectivity index (χ3v) is 4.12. The maximum atomic E-state index is 12.7. The Morgan fingerprint density at radius 1 is 0.962 bits per heavy atom. The van der Waals surface area contributed by atoms with Crippen molar-refractivity contribution in [3.05, 3.63) is 59.3 Å². The highest BCUT2D eigenvalue weighted by molar-refractivity contribution is 6.48. The molecule has 0 aliphatic heterocycles. The van der Waals surface area contributed by atoms with Gasteiger partial charge in [0.1, 0.15) is 0 Å². The van der Waals surface area contributed by atoms with Crippen molar-refractivity contribution in [2.75, 3.05) is 10.6 Å². The predicted molar refractivity (Wildman–Crippen MR) is 101 cm³/mol. The average molecular weight is 349 g/mol. The summed E-state index contributed by atoms with van der Waals surface area (Å²) in [4.78, 5) is 39.4. The summed E-state index contributed by atoms with van der Waals surface area (Å²) in [7, 11) is 0. The fourth-order valence-corrected chi connectivity index (χ4v) is 2.94. The van der Waals surface area contributed by atoms with Gasteiger partial charge in [0.2, 0.25) is 5.91 Å². The molecule has 6 nitrogen and oxygen atoms in total. The number of benzene rings is 2. The number of anilines is 2. The second kappa shape index (κ2) is 6.84. The van der Waals surface area contributed by atoms with Crippen molar-refractivity contribution in [2.24, 2.45) is 0 Å². The Morgan fingerprint density at radius 3 is 2.38 bits per heavy atom. The number of carbonyl (C=O) groups excluding carboxylic acids is 3. The third kappa shape index (κ3) is 3.35. The summed E-state index contributed by atoms with van der Waals surface area (Å²) in [6.07, 6.45) is 0. The van der Waals surface area contributed by atoms with Crippen LogP contribution < -0.4 is 10.6 Å². The van der Waals surface area contributed by atoms with Crippen molar-refractivity contribution in [3.8, 4) is 0 Å². The highest BCUT2D eigenvalue weighted by atomic mass is 16.2. The zero-order valence-electron chi connectivity index (χ0n) is 14.8. The van der Waals surface area contributed by atoms with Crippen LogP contribution in [0.25, 0.3) is 10.9 Å². The van der Waals surface area contributed by atoms with Crippen LogP contribution in [0.2, 0.25) is 0 Å². The van der Waals surface area contributed by atoms with Crippen LogP contribution in [0.1, 0.15) is 28.5 Å². The molecule has 26 heavy (non-hydrogen) atoms. The Morgan fingerprint density at radius 2 is 1.69 bits per heavy atom. The van der Waals surface area contributed by atoms with Crippen molar-refractivity contribution >= 4 is 39.9 Å². The lowest BCUT2D eigenvalue weighted by Gasteiger charge is -2.10. The average Bonchev–Trinajstić information content (AvgIpc) is 2.92. The van der Waals surface area contributed by atoms with E-state index in [1.807, 2.05) is 31.2 Å². The van der Waals surface area contributed by atoms with Crippen LogP contribution in [0.4, 0.5) is 11.4 Å². The van der Waals surface area contributed by atoms with E-state index in [4.69, 9.17) is 0 Å². The number of ketones is 1. The van der Waals surface area contributed by atoms with E-state index in [1.165, 1.54) is 6.92 Å². The number of carbonyl (C=O) groups is 3. The van der Waals surface area contributed by atoms with Crippen LogP contribution in [0.15, 0.2) is 42.5 Å². The molecule has 2 aromatic carbocycles. The first-order valence-electron chi connectivity index (χ1n) is 8.18. The van der Waals surface area contributed by atoms with Gasteiger partial charge in [-0.25, -0.2) is 0 Å².